The third-order valence-electron chi connectivity index (χ3n) is 3.97. The number of nitrogens with one attached hydrogen (secondary N) is 1. The van der Waals surface area contributed by atoms with Crippen molar-refractivity contribution in [1.82, 2.24) is 0 Å². The Kier molecular flexibility index (Phi) is 4.94. The molecule has 4 heteroatoms. The molecule has 0 heterocycles. The van der Waals surface area contributed by atoms with E-state index in [1.165, 1.54) is 12.7 Å². The first-order valence-corrected chi connectivity index (χ1v) is 7.70. The summed E-state index contributed by atoms with van der Waals surface area (Å²) in [5.41, 5.74) is 11.1. The summed E-state index contributed by atoms with van der Waals surface area (Å²) in [4.78, 5) is 11.8. The Balaban J connectivity index is 2.50. The van der Waals surface area contributed by atoms with Crippen LogP contribution < -0.4 is 15.8 Å². The average molecular weight is 312 g/mol. The van der Waals surface area contributed by atoms with Crippen LogP contribution in [0.5, 0.6) is 5.75 Å². The van der Waals surface area contributed by atoms with Gasteiger partial charge in [0, 0.05) is 5.69 Å². The van der Waals surface area contributed by atoms with E-state index < -0.39 is 5.91 Å². The fourth-order valence-electron chi connectivity index (χ4n) is 2.72. The molecule has 0 fully saturated rings. The monoisotopic (exact) mass is 312 g/mol. The third-order valence-corrected chi connectivity index (χ3v) is 3.97. The van der Waals surface area contributed by atoms with E-state index in [-0.39, 0.29) is 0 Å². The van der Waals surface area contributed by atoms with E-state index >= 15 is 0 Å². The van der Waals surface area contributed by atoms with Gasteiger partial charge in [-0.1, -0.05) is 32.0 Å². The van der Waals surface area contributed by atoms with Crippen LogP contribution in [0.1, 0.15) is 46.8 Å². The molecule has 2 rings (SSSR count). The topological polar surface area (TPSA) is 64.3 Å². The number of aryl methyl sites for hydroxylation is 2. The quantitative estimate of drug-likeness (QED) is 0.866. The summed E-state index contributed by atoms with van der Waals surface area (Å²) in [7, 11) is 1.53. The number of amides is 1. The van der Waals surface area contributed by atoms with Crippen LogP contribution in [0, 0.1) is 13.8 Å². The molecule has 0 bridgehead atoms. The van der Waals surface area contributed by atoms with Crippen LogP contribution in [0.2, 0.25) is 0 Å². The number of anilines is 2. The molecule has 0 aromatic heterocycles. The van der Waals surface area contributed by atoms with E-state index in [4.69, 9.17) is 10.5 Å². The predicted octanol–water partition coefficient (Wildman–Crippen LogP) is 4.28. The second-order valence-electron chi connectivity index (χ2n) is 6.06. The molecule has 0 saturated carbocycles. The van der Waals surface area contributed by atoms with Crippen molar-refractivity contribution >= 4 is 17.3 Å². The Labute approximate surface area is 137 Å². The average Bonchev–Trinajstić information content (AvgIpc) is 2.49. The van der Waals surface area contributed by atoms with Gasteiger partial charge in [-0.15, -0.1) is 0 Å². The van der Waals surface area contributed by atoms with E-state index in [1.54, 1.807) is 6.07 Å². The van der Waals surface area contributed by atoms with E-state index in [2.05, 4.69) is 45.1 Å². The highest BCUT2D eigenvalue weighted by Crippen LogP contribution is 2.32. The fraction of sp³-hybridized carbons (Fsp3) is 0.316. The number of nitrogens with two attached hydrogens (primary N) is 1. The molecule has 2 aromatic rings. The molecule has 2 aromatic carbocycles. The standard InChI is InChI=1S/C19H24N2O2/c1-11(2)14-9-12(3)18(13(4)10-14)21-15-7-6-8-16(23-5)17(15)19(20)22/h6-11,21H,1-5H3,(H2,20,22). The third kappa shape index (κ3) is 3.47. The van der Waals surface area contributed by atoms with Crippen LogP contribution in [-0.4, -0.2) is 13.0 Å². The highest BCUT2D eigenvalue weighted by atomic mass is 16.5. The Hall–Kier alpha value is -2.49. The van der Waals surface area contributed by atoms with Gasteiger partial charge in [-0.2, -0.15) is 0 Å². The van der Waals surface area contributed by atoms with Gasteiger partial charge >= 0.3 is 0 Å². The molecule has 0 atom stereocenters. The minimum absolute atomic E-state index is 0.363. The maximum atomic E-state index is 11.8. The number of hydrogen-bond donors (Lipinski definition) is 2. The van der Waals surface area contributed by atoms with Gasteiger partial charge in [0.1, 0.15) is 11.3 Å². The highest BCUT2D eigenvalue weighted by Gasteiger charge is 2.16. The lowest BCUT2D eigenvalue weighted by Gasteiger charge is -2.18. The molecule has 122 valence electrons. The molecule has 0 radical (unpaired) electrons. The van der Waals surface area contributed by atoms with Gasteiger partial charge < -0.3 is 15.8 Å². The predicted molar refractivity (Wildman–Crippen MR) is 94.8 cm³/mol. The van der Waals surface area contributed by atoms with E-state index in [9.17, 15) is 4.79 Å². The first-order chi connectivity index (χ1) is 10.8. The van der Waals surface area contributed by atoms with Crippen molar-refractivity contribution in [3.8, 4) is 5.75 Å². The van der Waals surface area contributed by atoms with Crippen LogP contribution in [0.4, 0.5) is 11.4 Å². The first kappa shape index (κ1) is 16.9. The number of rotatable bonds is 5. The lowest BCUT2D eigenvalue weighted by atomic mass is 9.96. The summed E-state index contributed by atoms with van der Waals surface area (Å²) in [6, 6.07) is 9.74. The Morgan fingerprint density at radius 2 is 1.78 bits per heavy atom. The number of primary amides is 1. The number of methoxy groups -OCH3 is 1. The van der Waals surface area contributed by atoms with Crippen LogP contribution in [-0.2, 0) is 0 Å². The molecule has 0 aliphatic carbocycles. The second kappa shape index (κ2) is 6.73. The summed E-state index contributed by atoms with van der Waals surface area (Å²) < 4.78 is 5.26. The summed E-state index contributed by atoms with van der Waals surface area (Å²) in [6.45, 7) is 8.47. The molecule has 0 aliphatic rings. The Morgan fingerprint density at radius 1 is 1.17 bits per heavy atom. The normalized spacial score (nSPS) is 10.7. The van der Waals surface area contributed by atoms with Gasteiger partial charge in [-0.25, -0.2) is 0 Å². The minimum Gasteiger partial charge on any atom is -0.496 e. The van der Waals surface area contributed by atoms with Gasteiger partial charge in [-0.05, 0) is 48.6 Å². The molecule has 3 N–H and O–H groups in total. The summed E-state index contributed by atoms with van der Waals surface area (Å²) in [5.74, 6) is 0.426. The van der Waals surface area contributed by atoms with E-state index in [0.717, 1.165) is 16.8 Å². The smallest absolute Gasteiger partial charge is 0.254 e. The van der Waals surface area contributed by atoms with Crippen LogP contribution in [0.3, 0.4) is 0 Å². The lowest BCUT2D eigenvalue weighted by Crippen LogP contribution is -2.15. The molecule has 1 amide bonds. The van der Waals surface area contributed by atoms with Crippen LogP contribution in [0.15, 0.2) is 30.3 Å². The van der Waals surface area contributed by atoms with Crippen molar-refractivity contribution in [2.45, 2.75) is 33.6 Å². The van der Waals surface area contributed by atoms with Crippen molar-refractivity contribution in [2.75, 3.05) is 12.4 Å². The zero-order valence-electron chi connectivity index (χ0n) is 14.4. The molecular weight excluding hydrogens is 288 g/mol. The van der Waals surface area contributed by atoms with E-state index in [1.807, 2.05) is 12.1 Å². The molecular formula is C19H24N2O2. The van der Waals surface area contributed by atoms with E-state index in [0.29, 0.717) is 22.9 Å². The molecule has 0 unspecified atom stereocenters. The van der Waals surface area contributed by atoms with Gasteiger partial charge in [0.05, 0.1) is 12.8 Å². The van der Waals surface area contributed by atoms with Crippen molar-refractivity contribution < 1.29 is 9.53 Å². The SMILES string of the molecule is COc1cccc(Nc2c(C)cc(C(C)C)cc2C)c1C(N)=O. The number of hydrogen-bond acceptors (Lipinski definition) is 3. The van der Waals surface area contributed by atoms with Crippen molar-refractivity contribution in [3.05, 3.63) is 52.6 Å². The molecule has 0 spiro atoms. The van der Waals surface area contributed by atoms with Crippen LogP contribution >= 0.6 is 0 Å². The zero-order valence-corrected chi connectivity index (χ0v) is 14.4. The summed E-state index contributed by atoms with van der Waals surface area (Å²) in [5, 5.41) is 3.35. The zero-order chi connectivity index (χ0) is 17.1. The molecule has 4 nitrogen and oxygen atoms in total. The maximum absolute atomic E-state index is 11.8. The summed E-state index contributed by atoms with van der Waals surface area (Å²) in [6.07, 6.45) is 0. The van der Waals surface area contributed by atoms with Gasteiger partial charge in [0.2, 0.25) is 0 Å². The molecule has 23 heavy (non-hydrogen) atoms. The first-order valence-electron chi connectivity index (χ1n) is 7.70. The van der Waals surface area contributed by atoms with Gasteiger partial charge in [0.15, 0.2) is 0 Å². The largest absolute Gasteiger partial charge is 0.496 e. The Morgan fingerprint density at radius 3 is 2.26 bits per heavy atom. The van der Waals surface area contributed by atoms with Crippen molar-refractivity contribution in [1.29, 1.82) is 0 Å². The fourth-order valence-corrected chi connectivity index (χ4v) is 2.72. The summed E-state index contributed by atoms with van der Waals surface area (Å²) >= 11 is 0. The number of carbonyl (C=O) groups excluding carboxylic acids is 1. The molecule has 0 saturated heterocycles. The minimum atomic E-state index is -0.515. The number of benzene rings is 2. The maximum Gasteiger partial charge on any atom is 0.254 e. The van der Waals surface area contributed by atoms with Crippen molar-refractivity contribution in [3.63, 3.8) is 0 Å². The number of ether oxygens (including phenoxy) is 1. The highest BCUT2D eigenvalue weighted by molar-refractivity contribution is 6.02. The van der Waals surface area contributed by atoms with Crippen molar-refractivity contribution in [2.24, 2.45) is 5.73 Å². The van der Waals surface area contributed by atoms with Crippen LogP contribution in [0.25, 0.3) is 0 Å². The second-order valence-corrected chi connectivity index (χ2v) is 6.06. The Bertz CT molecular complexity index is 713. The lowest BCUT2D eigenvalue weighted by molar-refractivity contribution is 0.0998. The number of carbonyl (C=O) groups is 1. The molecule has 0 aliphatic heterocycles. The van der Waals surface area contributed by atoms with Gasteiger partial charge in [0.25, 0.3) is 5.91 Å². The van der Waals surface area contributed by atoms with Gasteiger partial charge in [-0.3, -0.25) is 4.79 Å².